The molecule has 3 aliphatic heterocycles. The van der Waals surface area contributed by atoms with Crippen molar-refractivity contribution in [3.8, 4) is 0 Å². The number of benzene rings is 2. The van der Waals surface area contributed by atoms with E-state index >= 15 is 0 Å². The fourth-order valence-corrected chi connectivity index (χ4v) is 8.05. The van der Waals surface area contributed by atoms with Gasteiger partial charge in [-0.15, -0.1) is 0 Å². The van der Waals surface area contributed by atoms with Crippen molar-refractivity contribution in [2.24, 2.45) is 0 Å². The topological polar surface area (TPSA) is 120 Å². The molecule has 10 nitrogen and oxygen atoms in total. The van der Waals surface area contributed by atoms with E-state index in [0.717, 1.165) is 58.1 Å². The standard InChI is InChI=1S/C22H28F2N4O.C17H21N3O2/c23-22(24)7-11-28(12-8-22)21(29)20-14-15-13-17(1-4-19(15)26-20)25-16-5-9-27(10-6-16)18-2-3-18;21-17(22)16-10-11-9-13(1-4-15(11)19-16)18-12-5-7-20(8-6-12)14-2-3-14/h1,4,13-14,16,18,25-26H,2-3,5-12H2;1,4,9-10,12,14,18-19H,2-3,5-8H2,(H,21,22). The lowest BCUT2D eigenvalue weighted by molar-refractivity contribution is -0.0495. The van der Waals surface area contributed by atoms with E-state index in [2.05, 4.69) is 36.5 Å². The molecule has 2 saturated carbocycles. The molecule has 5 heterocycles. The minimum atomic E-state index is -2.65. The number of aromatic amines is 2. The Morgan fingerprint density at radius 1 is 0.647 bits per heavy atom. The van der Waals surface area contributed by atoms with Crippen LogP contribution in [0.25, 0.3) is 21.8 Å². The molecule has 5 aliphatic rings. The number of nitrogens with zero attached hydrogens (tertiary/aromatic N) is 3. The summed E-state index contributed by atoms with van der Waals surface area (Å²) in [5.41, 5.74) is 4.62. The number of aromatic nitrogens is 2. The summed E-state index contributed by atoms with van der Waals surface area (Å²) in [7, 11) is 0. The molecule has 0 spiro atoms. The van der Waals surface area contributed by atoms with Crippen LogP contribution in [0.3, 0.4) is 0 Å². The second kappa shape index (κ2) is 14.1. The van der Waals surface area contributed by atoms with Crippen LogP contribution in [-0.2, 0) is 0 Å². The number of fused-ring (bicyclic) bond motifs is 2. The molecule has 0 atom stereocenters. The van der Waals surface area contributed by atoms with Crippen LogP contribution >= 0.6 is 0 Å². The number of carboxylic acid groups (broad SMARTS) is 1. The van der Waals surface area contributed by atoms with Crippen molar-refractivity contribution >= 4 is 45.1 Å². The third kappa shape index (κ3) is 8.17. The number of amides is 1. The van der Waals surface area contributed by atoms with Gasteiger partial charge in [-0.25, -0.2) is 13.6 Å². The molecule has 5 fully saturated rings. The predicted molar refractivity (Wildman–Crippen MR) is 196 cm³/mol. The lowest BCUT2D eigenvalue weighted by Gasteiger charge is -2.32. The van der Waals surface area contributed by atoms with Crippen LogP contribution in [0.1, 0.15) is 85.2 Å². The Bertz CT molecular complexity index is 1860. The third-order valence-electron chi connectivity index (χ3n) is 11.4. The highest BCUT2D eigenvalue weighted by atomic mass is 19.3. The third-order valence-corrected chi connectivity index (χ3v) is 11.4. The van der Waals surface area contributed by atoms with Gasteiger partial charge in [-0.05, 0) is 99.9 Å². The highest BCUT2D eigenvalue weighted by Gasteiger charge is 2.36. The highest BCUT2D eigenvalue weighted by molar-refractivity contribution is 5.99. The quantitative estimate of drug-likeness (QED) is 0.135. The van der Waals surface area contributed by atoms with Crippen molar-refractivity contribution in [1.82, 2.24) is 24.7 Å². The molecule has 5 N–H and O–H groups in total. The first-order chi connectivity index (χ1) is 24.7. The first-order valence-electron chi connectivity index (χ1n) is 18.8. The van der Waals surface area contributed by atoms with Gasteiger partial charge in [0, 0.05) is 109 Å². The number of H-pyrrole nitrogens is 2. The Balaban J connectivity index is 0.000000152. The van der Waals surface area contributed by atoms with Crippen molar-refractivity contribution in [1.29, 1.82) is 0 Å². The maximum Gasteiger partial charge on any atom is 0.352 e. The number of hydrogen-bond donors (Lipinski definition) is 5. The molecule has 2 aliphatic carbocycles. The van der Waals surface area contributed by atoms with Crippen molar-refractivity contribution in [3.63, 3.8) is 0 Å². The number of carboxylic acids is 1. The minimum absolute atomic E-state index is 0.105. The fraction of sp³-hybridized carbons (Fsp3) is 0.538. The molecule has 3 saturated heterocycles. The average molecular weight is 702 g/mol. The zero-order chi connectivity index (χ0) is 35.1. The van der Waals surface area contributed by atoms with Gasteiger partial charge >= 0.3 is 5.97 Å². The molecular weight excluding hydrogens is 652 g/mol. The van der Waals surface area contributed by atoms with Crippen molar-refractivity contribution in [2.45, 2.75) is 94.3 Å². The molecule has 0 bridgehead atoms. The van der Waals surface area contributed by atoms with Crippen LogP contribution in [0.2, 0.25) is 0 Å². The molecule has 1 amide bonds. The van der Waals surface area contributed by atoms with Crippen LogP contribution in [0.5, 0.6) is 0 Å². The monoisotopic (exact) mass is 701 g/mol. The van der Waals surface area contributed by atoms with Crippen molar-refractivity contribution in [2.75, 3.05) is 49.9 Å². The second-order valence-corrected chi connectivity index (χ2v) is 15.3. The van der Waals surface area contributed by atoms with Crippen LogP contribution in [0.15, 0.2) is 48.5 Å². The molecule has 0 unspecified atom stereocenters. The van der Waals surface area contributed by atoms with Crippen LogP contribution in [0.4, 0.5) is 20.2 Å². The highest BCUT2D eigenvalue weighted by Crippen LogP contribution is 2.32. The van der Waals surface area contributed by atoms with Gasteiger partial charge in [0.05, 0.1) is 0 Å². The number of piperidine rings is 3. The molecule has 4 aromatic rings. The first-order valence-corrected chi connectivity index (χ1v) is 18.8. The van der Waals surface area contributed by atoms with Gasteiger partial charge in [-0.2, -0.15) is 0 Å². The molecule has 272 valence electrons. The largest absolute Gasteiger partial charge is 0.477 e. The summed E-state index contributed by atoms with van der Waals surface area (Å²) in [5, 5.41) is 18.2. The van der Waals surface area contributed by atoms with E-state index in [-0.39, 0.29) is 37.5 Å². The normalized spacial score (nSPS) is 22.1. The van der Waals surface area contributed by atoms with Crippen molar-refractivity contribution in [3.05, 3.63) is 59.9 Å². The number of rotatable bonds is 8. The number of halogens is 2. The van der Waals surface area contributed by atoms with E-state index in [4.69, 9.17) is 5.11 Å². The number of aromatic carboxylic acids is 1. The Labute approximate surface area is 296 Å². The van der Waals surface area contributed by atoms with Gasteiger partial charge < -0.3 is 40.4 Å². The number of carbonyl (C=O) groups is 2. The number of nitrogens with one attached hydrogen (secondary N) is 4. The summed E-state index contributed by atoms with van der Waals surface area (Å²) in [5.74, 6) is -3.76. The van der Waals surface area contributed by atoms with Crippen LogP contribution < -0.4 is 10.6 Å². The Hall–Kier alpha value is -4.16. The Kier molecular flexibility index (Phi) is 9.39. The van der Waals surface area contributed by atoms with Crippen LogP contribution in [0, 0.1) is 0 Å². The van der Waals surface area contributed by atoms with Gasteiger partial charge in [0.2, 0.25) is 0 Å². The summed E-state index contributed by atoms with van der Waals surface area (Å²) in [6.45, 7) is 4.93. The van der Waals surface area contributed by atoms with E-state index in [1.54, 1.807) is 6.07 Å². The summed E-state index contributed by atoms with van der Waals surface area (Å²) in [6, 6.07) is 18.3. The maximum absolute atomic E-state index is 13.4. The Morgan fingerprint density at radius 3 is 1.55 bits per heavy atom. The van der Waals surface area contributed by atoms with E-state index in [1.165, 1.54) is 69.6 Å². The van der Waals surface area contributed by atoms with E-state index < -0.39 is 11.9 Å². The van der Waals surface area contributed by atoms with Gasteiger partial charge in [0.1, 0.15) is 11.4 Å². The number of carbonyl (C=O) groups excluding carboxylic acids is 1. The molecule has 2 aromatic heterocycles. The predicted octanol–water partition coefficient (Wildman–Crippen LogP) is 6.98. The number of alkyl halides is 2. The smallest absolute Gasteiger partial charge is 0.352 e. The maximum atomic E-state index is 13.4. The van der Waals surface area contributed by atoms with Gasteiger partial charge in [0.15, 0.2) is 0 Å². The number of anilines is 2. The molecular formula is C39H49F2N7O3. The van der Waals surface area contributed by atoms with Crippen molar-refractivity contribution < 1.29 is 23.5 Å². The number of hydrogen-bond acceptors (Lipinski definition) is 6. The van der Waals surface area contributed by atoms with Crippen LogP contribution in [-0.4, -0.2) is 111 Å². The lowest BCUT2D eigenvalue weighted by Crippen LogP contribution is -2.42. The van der Waals surface area contributed by atoms with E-state index in [0.29, 0.717) is 17.8 Å². The summed E-state index contributed by atoms with van der Waals surface area (Å²) in [6.07, 6.45) is 9.66. The zero-order valence-corrected chi connectivity index (χ0v) is 29.1. The molecule has 2 aromatic carbocycles. The zero-order valence-electron chi connectivity index (χ0n) is 29.1. The van der Waals surface area contributed by atoms with Gasteiger partial charge in [0.25, 0.3) is 11.8 Å². The SMILES string of the molecule is O=C(O)c1cc2cc(NC3CCN(C4CC4)CC3)ccc2[nH]1.O=C(c1cc2cc(NC3CCN(C4CC4)CC3)ccc2[nH]1)N1CCC(F)(F)CC1. The molecule has 12 heteroatoms. The molecule has 9 rings (SSSR count). The fourth-order valence-electron chi connectivity index (χ4n) is 8.05. The van der Waals surface area contributed by atoms with E-state index in [9.17, 15) is 18.4 Å². The first kappa shape index (κ1) is 34.0. The summed E-state index contributed by atoms with van der Waals surface area (Å²) in [4.78, 5) is 36.5. The number of likely N-dealkylation sites (tertiary alicyclic amines) is 3. The average Bonchev–Trinajstić information content (AvgIpc) is 4.07. The molecule has 0 radical (unpaired) electrons. The summed E-state index contributed by atoms with van der Waals surface area (Å²) >= 11 is 0. The lowest BCUT2D eigenvalue weighted by atomic mass is 10.0. The van der Waals surface area contributed by atoms with E-state index in [1.807, 2.05) is 36.4 Å². The minimum Gasteiger partial charge on any atom is -0.477 e. The second-order valence-electron chi connectivity index (χ2n) is 15.3. The van der Waals surface area contributed by atoms with Gasteiger partial charge in [-0.1, -0.05) is 0 Å². The summed E-state index contributed by atoms with van der Waals surface area (Å²) < 4.78 is 26.7. The Morgan fingerprint density at radius 2 is 1.10 bits per heavy atom. The van der Waals surface area contributed by atoms with Gasteiger partial charge in [-0.3, -0.25) is 4.79 Å². The molecule has 51 heavy (non-hydrogen) atoms.